The average Bonchev–Trinajstić information content (AvgIpc) is 3.12. The molecule has 2 amide bonds. The second-order valence-corrected chi connectivity index (χ2v) is 12.2. The third-order valence-electron chi connectivity index (χ3n) is 9.00. The summed E-state index contributed by atoms with van der Waals surface area (Å²) in [6.07, 6.45) is 1.73. The van der Waals surface area contributed by atoms with Gasteiger partial charge >= 0.3 is 0 Å². The summed E-state index contributed by atoms with van der Waals surface area (Å²) in [4.78, 5) is 40.0. The van der Waals surface area contributed by atoms with Crippen molar-refractivity contribution in [2.24, 2.45) is 5.92 Å². The summed E-state index contributed by atoms with van der Waals surface area (Å²) in [7, 11) is 0. The van der Waals surface area contributed by atoms with E-state index in [0.717, 1.165) is 57.5 Å². The highest BCUT2D eigenvalue weighted by atomic mass is 32.1. The third-order valence-corrected chi connectivity index (χ3v) is 9.34. The number of thiocarbonyl (C=S) groups is 1. The summed E-state index contributed by atoms with van der Waals surface area (Å²) in [6, 6.07) is 29.0. The molecule has 1 aliphatic rings. The fraction of sp³-hybridized carbons (Fsp3) is 0.237. The van der Waals surface area contributed by atoms with Gasteiger partial charge in [0.25, 0.3) is 11.1 Å². The number of anilines is 1. The fourth-order valence-corrected chi connectivity index (χ4v) is 6.80. The van der Waals surface area contributed by atoms with Crippen LogP contribution in [0.3, 0.4) is 0 Å². The Kier molecular flexibility index (Phi) is 8.39. The number of carbonyl (C=O) groups is 2. The highest BCUT2D eigenvalue weighted by Gasteiger charge is 2.30. The molecule has 7 rings (SSSR count). The predicted molar refractivity (Wildman–Crippen MR) is 192 cm³/mol. The molecule has 1 atom stereocenters. The van der Waals surface area contributed by atoms with Crippen molar-refractivity contribution < 1.29 is 14.3 Å². The molecule has 0 unspecified atom stereocenters. The Morgan fingerprint density at radius 1 is 0.851 bits per heavy atom. The zero-order valence-electron chi connectivity index (χ0n) is 26.4. The maximum Gasteiger partial charge on any atom is 0.264 e. The first-order valence-electron chi connectivity index (χ1n) is 16.1. The van der Waals surface area contributed by atoms with Crippen LogP contribution >= 0.6 is 12.2 Å². The standard InChI is InChI=1S/C38H35N5O3S/c1-3-42(4-2)37(45)25-10-9-21-43(23-25)38(47)46-27-18-15-24(16-19-27)36(44)39-26-17-20-32-33(22-26)41-35-31-14-8-6-12-29(31)28-11-5-7-13-30(28)34(35)40-32/h5-8,11-20,22,25H,3-4,9-10,21,23H2,1-2H3,(H,39,44)/t25-/m0/s1. The molecule has 1 aromatic heterocycles. The van der Waals surface area contributed by atoms with Crippen molar-refractivity contribution in [1.29, 1.82) is 0 Å². The molecule has 236 valence electrons. The largest absolute Gasteiger partial charge is 0.432 e. The smallest absolute Gasteiger partial charge is 0.264 e. The SMILES string of the molecule is CCN(CC)C(=O)[C@H]1CCCN(C(=S)Oc2ccc(C(=O)Nc3ccc4nc5c6ccccc6c6ccccc6c5nc4c3)cc2)C1. The molecule has 9 heteroatoms. The molecule has 0 saturated carbocycles. The van der Waals surface area contributed by atoms with Crippen molar-refractivity contribution in [1.82, 2.24) is 19.8 Å². The number of fused-ring (bicyclic) bond motifs is 7. The van der Waals surface area contributed by atoms with Gasteiger partial charge < -0.3 is 19.9 Å². The minimum atomic E-state index is -0.252. The van der Waals surface area contributed by atoms with Crippen molar-refractivity contribution in [3.05, 3.63) is 96.6 Å². The lowest BCUT2D eigenvalue weighted by molar-refractivity contribution is -0.136. The van der Waals surface area contributed by atoms with E-state index in [2.05, 4.69) is 29.6 Å². The second kappa shape index (κ2) is 12.9. The van der Waals surface area contributed by atoms with Gasteiger partial charge in [-0.05, 0) is 92.1 Å². The number of rotatable bonds is 6. The van der Waals surface area contributed by atoms with Crippen LogP contribution in [0.25, 0.3) is 43.6 Å². The van der Waals surface area contributed by atoms with Crippen molar-refractivity contribution in [2.45, 2.75) is 26.7 Å². The normalized spacial score (nSPS) is 14.9. The first-order valence-corrected chi connectivity index (χ1v) is 16.5. The van der Waals surface area contributed by atoms with E-state index >= 15 is 0 Å². The van der Waals surface area contributed by atoms with E-state index in [0.29, 0.717) is 47.3 Å². The molecule has 0 aliphatic carbocycles. The van der Waals surface area contributed by atoms with Gasteiger partial charge in [0.05, 0.1) is 28.0 Å². The molecule has 1 fully saturated rings. The highest BCUT2D eigenvalue weighted by Crippen LogP contribution is 2.34. The van der Waals surface area contributed by atoms with Crippen LogP contribution in [0.4, 0.5) is 5.69 Å². The van der Waals surface area contributed by atoms with E-state index in [-0.39, 0.29) is 17.7 Å². The van der Waals surface area contributed by atoms with Gasteiger partial charge in [0.2, 0.25) is 5.91 Å². The zero-order chi connectivity index (χ0) is 32.5. The van der Waals surface area contributed by atoms with Crippen LogP contribution in [-0.4, -0.2) is 62.9 Å². The van der Waals surface area contributed by atoms with Gasteiger partial charge in [0, 0.05) is 48.2 Å². The number of likely N-dealkylation sites (tertiary alicyclic amines) is 1. The number of benzene rings is 5. The molecular weight excluding hydrogens is 607 g/mol. The van der Waals surface area contributed by atoms with E-state index in [1.807, 2.05) is 66.1 Å². The van der Waals surface area contributed by atoms with Gasteiger partial charge in [0.15, 0.2) is 0 Å². The number of nitrogens with zero attached hydrogens (tertiary/aromatic N) is 4. The Balaban J connectivity index is 1.06. The molecule has 8 nitrogen and oxygen atoms in total. The summed E-state index contributed by atoms with van der Waals surface area (Å²) < 4.78 is 5.97. The molecule has 0 radical (unpaired) electrons. The number of ether oxygens (including phenoxy) is 1. The van der Waals surface area contributed by atoms with Gasteiger partial charge in [0.1, 0.15) is 5.75 Å². The van der Waals surface area contributed by atoms with Crippen molar-refractivity contribution in [2.75, 3.05) is 31.5 Å². The molecule has 6 aromatic rings. The van der Waals surface area contributed by atoms with Gasteiger partial charge in [-0.1, -0.05) is 48.5 Å². The second-order valence-electron chi connectivity index (χ2n) is 11.9. The van der Waals surface area contributed by atoms with E-state index < -0.39 is 0 Å². The predicted octanol–water partition coefficient (Wildman–Crippen LogP) is 7.59. The molecule has 2 heterocycles. The lowest BCUT2D eigenvalue weighted by Gasteiger charge is -2.35. The van der Waals surface area contributed by atoms with Crippen molar-refractivity contribution >= 4 is 78.5 Å². The average molecular weight is 642 g/mol. The van der Waals surface area contributed by atoms with Gasteiger partial charge in [-0.2, -0.15) is 0 Å². The van der Waals surface area contributed by atoms with Crippen LogP contribution in [0, 0.1) is 5.92 Å². The Morgan fingerprint density at radius 2 is 1.47 bits per heavy atom. The van der Waals surface area contributed by atoms with Crippen molar-refractivity contribution in [3.8, 4) is 5.75 Å². The quantitative estimate of drug-likeness (QED) is 0.114. The Hall–Kier alpha value is -5.15. The lowest BCUT2D eigenvalue weighted by atomic mass is 9.97. The Labute approximate surface area is 278 Å². The summed E-state index contributed by atoms with van der Waals surface area (Å²) in [5.74, 6) is 0.371. The molecule has 1 saturated heterocycles. The van der Waals surface area contributed by atoms with Crippen LogP contribution in [0.2, 0.25) is 0 Å². The summed E-state index contributed by atoms with van der Waals surface area (Å²) in [5.41, 5.74) is 4.26. The number of hydrogen-bond donors (Lipinski definition) is 1. The fourth-order valence-electron chi connectivity index (χ4n) is 6.54. The zero-order valence-corrected chi connectivity index (χ0v) is 27.2. The van der Waals surface area contributed by atoms with Crippen LogP contribution < -0.4 is 10.1 Å². The molecule has 47 heavy (non-hydrogen) atoms. The number of hydrogen-bond acceptors (Lipinski definition) is 6. The topological polar surface area (TPSA) is 87.7 Å². The molecule has 0 bridgehead atoms. The number of piperidine rings is 1. The molecule has 5 aromatic carbocycles. The number of amides is 2. The summed E-state index contributed by atoms with van der Waals surface area (Å²) in [5, 5.41) is 7.71. The maximum absolute atomic E-state index is 13.2. The van der Waals surface area contributed by atoms with Gasteiger partial charge in [-0.3, -0.25) is 9.59 Å². The molecular formula is C38H35N5O3S. The lowest BCUT2D eigenvalue weighted by Crippen LogP contribution is -2.47. The van der Waals surface area contributed by atoms with Crippen molar-refractivity contribution in [3.63, 3.8) is 0 Å². The van der Waals surface area contributed by atoms with E-state index in [1.54, 1.807) is 24.3 Å². The molecule has 1 N–H and O–H groups in total. The van der Waals surface area contributed by atoms with E-state index in [9.17, 15) is 9.59 Å². The summed E-state index contributed by atoms with van der Waals surface area (Å²) in [6.45, 7) is 6.70. The van der Waals surface area contributed by atoms with E-state index in [1.165, 1.54) is 0 Å². The van der Waals surface area contributed by atoms with Crippen LogP contribution in [-0.2, 0) is 4.79 Å². The van der Waals surface area contributed by atoms with E-state index in [4.69, 9.17) is 26.9 Å². The first kappa shape index (κ1) is 30.5. The third kappa shape index (κ3) is 5.94. The number of carbonyl (C=O) groups excluding carboxylic acids is 2. The number of nitrogens with one attached hydrogen (secondary N) is 1. The van der Waals surface area contributed by atoms with Crippen LogP contribution in [0.1, 0.15) is 37.0 Å². The summed E-state index contributed by atoms with van der Waals surface area (Å²) >= 11 is 5.59. The maximum atomic E-state index is 13.2. The Morgan fingerprint density at radius 3 is 2.11 bits per heavy atom. The van der Waals surface area contributed by atoms with Crippen LogP contribution in [0.5, 0.6) is 5.75 Å². The molecule has 0 spiro atoms. The molecule has 1 aliphatic heterocycles. The minimum Gasteiger partial charge on any atom is -0.432 e. The van der Waals surface area contributed by atoms with Gasteiger partial charge in [-0.15, -0.1) is 0 Å². The Bertz CT molecular complexity index is 2160. The first-order chi connectivity index (χ1) is 22.9. The minimum absolute atomic E-state index is 0.0877. The highest BCUT2D eigenvalue weighted by molar-refractivity contribution is 7.80. The van der Waals surface area contributed by atoms with Gasteiger partial charge in [-0.25, -0.2) is 9.97 Å². The number of aromatic nitrogens is 2. The van der Waals surface area contributed by atoms with Crippen LogP contribution in [0.15, 0.2) is 91.0 Å². The monoisotopic (exact) mass is 641 g/mol.